The van der Waals surface area contributed by atoms with E-state index in [2.05, 4.69) is 27.6 Å². The van der Waals surface area contributed by atoms with E-state index in [-0.39, 0.29) is 5.57 Å². The Morgan fingerprint density at radius 2 is 1.37 bits per heavy atom. The van der Waals surface area contributed by atoms with Crippen LogP contribution in [0, 0.1) is 0 Å². The molecule has 0 heterocycles. The zero-order valence-corrected chi connectivity index (χ0v) is 13.4. The number of carbonyl (C=O) groups is 1. The lowest BCUT2D eigenvalue weighted by atomic mass is 10.1. The van der Waals surface area contributed by atoms with Gasteiger partial charge in [0.2, 0.25) is 0 Å². The van der Waals surface area contributed by atoms with Crippen LogP contribution in [0.3, 0.4) is 0 Å². The van der Waals surface area contributed by atoms with Crippen LogP contribution in [-0.2, 0) is 4.79 Å². The molecule has 0 atom stereocenters. The Bertz CT molecular complexity index is 213. The van der Waals surface area contributed by atoms with Gasteiger partial charge >= 0.3 is 0 Å². The molecule has 0 spiro atoms. The zero-order chi connectivity index (χ0) is 15.1. The van der Waals surface area contributed by atoms with Gasteiger partial charge in [0.1, 0.15) is 0 Å². The minimum atomic E-state index is -1.19. The number of carboxylic acid groups (broad SMARTS) is 1. The maximum atomic E-state index is 9.49. The molecule has 0 aliphatic carbocycles. The summed E-state index contributed by atoms with van der Waals surface area (Å²) in [6.45, 7) is 8.10. The molecule has 0 aromatic rings. The van der Waals surface area contributed by atoms with Gasteiger partial charge in [0.05, 0.1) is 26.6 Å². The minimum absolute atomic E-state index is 0.0648. The second kappa shape index (κ2) is 15.2. The molecule has 0 saturated heterocycles. The Hall–Kier alpha value is -0.830. The van der Waals surface area contributed by atoms with Gasteiger partial charge < -0.3 is 14.8 Å². The summed E-state index contributed by atoms with van der Waals surface area (Å²) in [4.78, 5) is 11.1. The number of hydrogen-bond donors (Lipinski definition) is 1. The summed E-state index contributed by atoms with van der Waals surface area (Å²) in [6, 6.07) is 0. The molecule has 0 aromatic heterocycles. The second-order valence-electron chi connectivity index (χ2n) is 5.50. The lowest BCUT2D eigenvalue weighted by molar-refractivity contribution is -0.858. The van der Waals surface area contributed by atoms with Gasteiger partial charge in [-0.15, -0.1) is 0 Å². The predicted molar refractivity (Wildman–Crippen MR) is 80.1 cm³/mol. The van der Waals surface area contributed by atoms with Crippen LogP contribution in [0.1, 0.15) is 65.2 Å². The standard InChI is InChI=1S/C12H27N.C4H6O2/c1-4-5-6-7-8-9-10-11-12-13(2)3;1-3(2)4(5)6/h4-12H2,1-3H3;1H2,2H3,(H,5,6). The van der Waals surface area contributed by atoms with Crippen LogP contribution in [0.5, 0.6) is 0 Å². The van der Waals surface area contributed by atoms with Gasteiger partial charge in [0.15, 0.2) is 0 Å². The van der Waals surface area contributed by atoms with E-state index in [0.717, 1.165) is 0 Å². The van der Waals surface area contributed by atoms with Gasteiger partial charge in [-0.3, -0.25) is 0 Å². The molecule has 3 nitrogen and oxygen atoms in total. The van der Waals surface area contributed by atoms with E-state index < -0.39 is 5.97 Å². The van der Waals surface area contributed by atoms with Crippen molar-refractivity contribution < 1.29 is 14.8 Å². The molecular formula is C16H33NO2. The Kier molecular flexibility index (Phi) is 16.4. The van der Waals surface area contributed by atoms with Gasteiger partial charge in [0.25, 0.3) is 0 Å². The first kappa shape index (κ1) is 20.5. The number of quaternary nitrogens is 1. The summed E-state index contributed by atoms with van der Waals surface area (Å²) >= 11 is 0. The van der Waals surface area contributed by atoms with Crippen LogP contribution in [-0.4, -0.2) is 26.6 Å². The average molecular weight is 271 g/mol. The van der Waals surface area contributed by atoms with E-state index in [9.17, 15) is 9.90 Å². The van der Waals surface area contributed by atoms with Crippen LogP contribution >= 0.6 is 0 Å². The summed E-state index contributed by atoms with van der Waals surface area (Å²) in [5.41, 5.74) is 0.0648. The van der Waals surface area contributed by atoms with E-state index >= 15 is 0 Å². The van der Waals surface area contributed by atoms with E-state index in [4.69, 9.17) is 0 Å². The van der Waals surface area contributed by atoms with Crippen molar-refractivity contribution in [1.29, 1.82) is 0 Å². The topological polar surface area (TPSA) is 44.6 Å². The molecule has 0 aliphatic rings. The Balaban J connectivity index is 0. The van der Waals surface area contributed by atoms with E-state index in [1.807, 2.05) is 0 Å². The average Bonchev–Trinajstić information content (AvgIpc) is 2.33. The van der Waals surface area contributed by atoms with Crippen molar-refractivity contribution in [3.05, 3.63) is 12.2 Å². The molecule has 19 heavy (non-hydrogen) atoms. The summed E-state index contributed by atoms with van der Waals surface area (Å²) in [6.07, 6.45) is 11.5. The van der Waals surface area contributed by atoms with Crippen LogP contribution in [0.4, 0.5) is 0 Å². The number of hydrogen-bond acceptors (Lipinski definition) is 2. The van der Waals surface area contributed by atoms with Crippen molar-refractivity contribution in [2.45, 2.75) is 65.2 Å². The Morgan fingerprint density at radius 3 is 1.68 bits per heavy atom. The molecule has 0 amide bonds. The van der Waals surface area contributed by atoms with Crippen LogP contribution in [0.2, 0.25) is 0 Å². The zero-order valence-electron chi connectivity index (χ0n) is 13.4. The van der Waals surface area contributed by atoms with Gasteiger partial charge in [-0.05, 0) is 25.3 Å². The number of nitrogens with one attached hydrogen (secondary N) is 1. The number of carboxylic acids is 1. The van der Waals surface area contributed by atoms with E-state index in [1.54, 1.807) is 4.90 Å². The van der Waals surface area contributed by atoms with Gasteiger partial charge in [-0.25, -0.2) is 0 Å². The van der Waals surface area contributed by atoms with Crippen molar-refractivity contribution in [2.75, 3.05) is 20.6 Å². The molecule has 0 rings (SSSR count). The highest BCUT2D eigenvalue weighted by atomic mass is 16.4. The van der Waals surface area contributed by atoms with Gasteiger partial charge in [-0.1, -0.05) is 52.0 Å². The fourth-order valence-corrected chi connectivity index (χ4v) is 1.61. The first-order valence-corrected chi connectivity index (χ1v) is 7.57. The third-order valence-corrected chi connectivity index (χ3v) is 2.88. The van der Waals surface area contributed by atoms with Crippen molar-refractivity contribution in [1.82, 2.24) is 0 Å². The third kappa shape index (κ3) is 22.8. The van der Waals surface area contributed by atoms with Crippen LogP contribution < -0.4 is 10.0 Å². The number of rotatable bonds is 10. The predicted octanol–water partition coefficient (Wildman–Crippen LogP) is 1.58. The highest BCUT2D eigenvalue weighted by Gasteiger charge is 1.94. The quantitative estimate of drug-likeness (QED) is 0.484. The molecule has 0 bridgehead atoms. The van der Waals surface area contributed by atoms with Crippen molar-refractivity contribution >= 4 is 5.97 Å². The molecule has 0 fully saturated rings. The largest absolute Gasteiger partial charge is 0.545 e. The molecule has 0 unspecified atom stereocenters. The van der Waals surface area contributed by atoms with Gasteiger partial charge in [0, 0.05) is 0 Å². The fraction of sp³-hybridized carbons (Fsp3) is 0.812. The fourth-order valence-electron chi connectivity index (χ4n) is 1.61. The number of aliphatic carboxylic acids is 1. The maximum absolute atomic E-state index is 9.49. The molecule has 0 radical (unpaired) electrons. The molecule has 0 aliphatic heterocycles. The number of unbranched alkanes of at least 4 members (excludes halogenated alkanes) is 7. The van der Waals surface area contributed by atoms with E-state index in [1.165, 1.54) is 64.8 Å². The van der Waals surface area contributed by atoms with Crippen molar-refractivity contribution in [3.63, 3.8) is 0 Å². The Labute approximate surface area is 119 Å². The molecule has 1 N–H and O–H groups in total. The highest BCUT2D eigenvalue weighted by Crippen LogP contribution is 2.07. The van der Waals surface area contributed by atoms with E-state index in [0.29, 0.717) is 0 Å². The number of carbonyl (C=O) groups excluding carboxylic acids is 1. The normalized spacial score (nSPS) is 9.95. The minimum Gasteiger partial charge on any atom is -0.545 e. The second-order valence-corrected chi connectivity index (χ2v) is 5.50. The Morgan fingerprint density at radius 1 is 1.00 bits per heavy atom. The van der Waals surface area contributed by atoms with Crippen LogP contribution in [0.15, 0.2) is 12.2 Å². The first-order valence-electron chi connectivity index (χ1n) is 7.57. The summed E-state index contributed by atoms with van der Waals surface area (Å²) in [5, 5.41) is 9.49. The maximum Gasteiger partial charge on any atom is 0.0766 e. The third-order valence-electron chi connectivity index (χ3n) is 2.88. The first-order chi connectivity index (χ1) is 8.91. The lowest BCUT2D eigenvalue weighted by Crippen LogP contribution is -3.05. The van der Waals surface area contributed by atoms with Gasteiger partial charge in [-0.2, -0.15) is 0 Å². The lowest BCUT2D eigenvalue weighted by Gasteiger charge is -2.06. The summed E-state index contributed by atoms with van der Waals surface area (Å²) in [5.74, 6) is -1.19. The smallest absolute Gasteiger partial charge is 0.0766 e. The summed E-state index contributed by atoms with van der Waals surface area (Å²) < 4.78 is 0. The van der Waals surface area contributed by atoms with Crippen molar-refractivity contribution in [2.24, 2.45) is 0 Å². The molecule has 3 heteroatoms. The summed E-state index contributed by atoms with van der Waals surface area (Å²) in [7, 11) is 4.47. The molecular weight excluding hydrogens is 238 g/mol. The molecule has 114 valence electrons. The molecule has 0 aromatic carbocycles. The molecule has 0 saturated carbocycles. The van der Waals surface area contributed by atoms with Crippen molar-refractivity contribution in [3.8, 4) is 0 Å². The monoisotopic (exact) mass is 271 g/mol. The SMILES string of the molecule is C=C(C)C(=O)[O-].CCCCCCCCCC[NH+](C)C. The van der Waals surface area contributed by atoms with Crippen LogP contribution in [0.25, 0.3) is 0 Å². The highest BCUT2D eigenvalue weighted by molar-refractivity contribution is 5.82.